The van der Waals surface area contributed by atoms with Crippen molar-refractivity contribution in [2.45, 2.75) is 6.92 Å². The third kappa shape index (κ3) is 6.97. The number of methoxy groups -OCH3 is 2. The first kappa shape index (κ1) is 25.1. The second kappa shape index (κ2) is 12.6. The number of carbonyl (C=O) groups excluding carboxylic acids is 2. The summed E-state index contributed by atoms with van der Waals surface area (Å²) in [4.78, 5) is 24.7. The van der Waals surface area contributed by atoms with Gasteiger partial charge in [0.15, 0.2) is 18.1 Å². The number of hydrazone groups is 1. The van der Waals surface area contributed by atoms with E-state index in [2.05, 4.69) is 15.8 Å². The first-order chi connectivity index (χ1) is 17.0. The quantitative estimate of drug-likeness (QED) is 0.321. The zero-order valence-electron chi connectivity index (χ0n) is 19.7. The normalized spacial score (nSPS) is 10.5. The lowest BCUT2D eigenvalue weighted by atomic mass is 10.2. The van der Waals surface area contributed by atoms with Crippen LogP contribution in [0.1, 0.15) is 22.8 Å². The van der Waals surface area contributed by atoms with E-state index in [4.69, 9.17) is 18.9 Å². The number of para-hydroxylation sites is 3. The van der Waals surface area contributed by atoms with E-state index in [1.54, 1.807) is 60.7 Å². The molecule has 0 atom stereocenters. The second-order valence-corrected chi connectivity index (χ2v) is 7.08. The number of anilines is 1. The van der Waals surface area contributed by atoms with Crippen LogP contribution in [0.5, 0.6) is 23.0 Å². The van der Waals surface area contributed by atoms with Crippen LogP contribution in [0.2, 0.25) is 0 Å². The van der Waals surface area contributed by atoms with Gasteiger partial charge in [0, 0.05) is 0 Å². The van der Waals surface area contributed by atoms with Gasteiger partial charge >= 0.3 is 0 Å². The number of ether oxygens (including phenoxy) is 4. The molecule has 0 bridgehead atoms. The number of hydrogen-bond donors (Lipinski definition) is 2. The van der Waals surface area contributed by atoms with Crippen molar-refractivity contribution < 1.29 is 28.5 Å². The predicted octanol–water partition coefficient (Wildman–Crippen LogP) is 3.88. The van der Waals surface area contributed by atoms with Crippen molar-refractivity contribution in [3.05, 3.63) is 77.9 Å². The third-order valence-electron chi connectivity index (χ3n) is 4.74. The van der Waals surface area contributed by atoms with Gasteiger partial charge in [0.1, 0.15) is 11.5 Å². The van der Waals surface area contributed by atoms with E-state index >= 15 is 0 Å². The van der Waals surface area contributed by atoms with Gasteiger partial charge in [0.05, 0.1) is 38.3 Å². The third-order valence-corrected chi connectivity index (χ3v) is 4.74. The lowest BCUT2D eigenvalue weighted by molar-refractivity contribution is -0.118. The van der Waals surface area contributed by atoms with Crippen molar-refractivity contribution >= 4 is 23.7 Å². The number of hydrogen-bond acceptors (Lipinski definition) is 7. The van der Waals surface area contributed by atoms with Crippen molar-refractivity contribution in [2.24, 2.45) is 5.10 Å². The van der Waals surface area contributed by atoms with Crippen LogP contribution in [0, 0.1) is 0 Å². The summed E-state index contributed by atoms with van der Waals surface area (Å²) in [5.74, 6) is 1.11. The Labute approximate surface area is 203 Å². The molecule has 35 heavy (non-hydrogen) atoms. The molecule has 9 heteroatoms. The van der Waals surface area contributed by atoms with E-state index in [-0.39, 0.29) is 12.5 Å². The molecule has 182 valence electrons. The molecule has 0 aliphatic rings. The monoisotopic (exact) mass is 477 g/mol. The average molecular weight is 478 g/mol. The molecule has 0 radical (unpaired) electrons. The first-order valence-corrected chi connectivity index (χ1v) is 10.8. The van der Waals surface area contributed by atoms with Crippen molar-refractivity contribution in [3.8, 4) is 23.0 Å². The van der Waals surface area contributed by atoms with Crippen LogP contribution >= 0.6 is 0 Å². The fraction of sp³-hybridized carbons (Fsp3) is 0.192. The number of nitrogens with zero attached hydrogens (tertiary/aromatic N) is 1. The highest BCUT2D eigenvalue weighted by Gasteiger charge is 2.12. The number of carbonyl (C=O) groups is 2. The molecule has 0 aliphatic carbocycles. The SMILES string of the molecule is CCOc1cc(/C=N\NC(=O)c2ccccc2OC)ccc1OCC(=O)Nc1ccccc1OC. The zero-order chi connectivity index (χ0) is 25.0. The average Bonchev–Trinajstić information content (AvgIpc) is 2.88. The summed E-state index contributed by atoms with van der Waals surface area (Å²) in [6.07, 6.45) is 1.48. The Morgan fingerprint density at radius 2 is 1.57 bits per heavy atom. The van der Waals surface area contributed by atoms with Gasteiger partial charge in [-0.25, -0.2) is 5.43 Å². The van der Waals surface area contributed by atoms with Crippen molar-refractivity contribution in [1.82, 2.24) is 5.43 Å². The van der Waals surface area contributed by atoms with Gasteiger partial charge < -0.3 is 24.3 Å². The highest BCUT2D eigenvalue weighted by atomic mass is 16.5. The van der Waals surface area contributed by atoms with Crippen LogP contribution in [0.3, 0.4) is 0 Å². The standard InChI is InChI=1S/C26H27N3O6/c1-4-34-24-15-18(16-27-29-26(31)19-9-5-7-11-21(19)32-2)13-14-23(24)35-17-25(30)28-20-10-6-8-12-22(20)33-3/h5-16H,4,17H2,1-3H3,(H,28,30)(H,29,31)/b27-16-. The Hall–Kier alpha value is -4.53. The molecule has 0 saturated heterocycles. The Bertz CT molecular complexity index is 1200. The van der Waals surface area contributed by atoms with Gasteiger partial charge in [-0.15, -0.1) is 0 Å². The smallest absolute Gasteiger partial charge is 0.275 e. The number of amides is 2. The summed E-state index contributed by atoms with van der Waals surface area (Å²) in [6, 6.07) is 19.1. The van der Waals surface area contributed by atoms with Crippen molar-refractivity contribution in [3.63, 3.8) is 0 Å². The summed E-state index contributed by atoms with van der Waals surface area (Å²) < 4.78 is 21.8. The minimum atomic E-state index is -0.398. The molecule has 2 N–H and O–H groups in total. The first-order valence-electron chi connectivity index (χ1n) is 10.8. The number of nitrogens with one attached hydrogen (secondary N) is 2. The molecule has 3 aromatic rings. The maximum Gasteiger partial charge on any atom is 0.275 e. The molecule has 0 unspecified atom stereocenters. The van der Waals surface area contributed by atoms with Crippen LogP contribution in [0.25, 0.3) is 0 Å². The van der Waals surface area contributed by atoms with E-state index in [0.29, 0.717) is 46.4 Å². The Morgan fingerprint density at radius 3 is 2.31 bits per heavy atom. The van der Waals surface area contributed by atoms with Crippen molar-refractivity contribution in [2.75, 3.05) is 32.8 Å². The summed E-state index contributed by atoms with van der Waals surface area (Å²) in [5.41, 5.74) is 4.07. The molecule has 0 spiro atoms. The fourth-order valence-corrected chi connectivity index (χ4v) is 3.13. The molecule has 0 aliphatic heterocycles. The highest BCUT2D eigenvalue weighted by Crippen LogP contribution is 2.28. The van der Waals surface area contributed by atoms with Crippen LogP contribution in [-0.2, 0) is 4.79 Å². The van der Waals surface area contributed by atoms with E-state index in [0.717, 1.165) is 0 Å². The summed E-state index contributed by atoms with van der Waals surface area (Å²) in [5, 5.41) is 6.76. The Kier molecular flexibility index (Phi) is 9.07. The molecular formula is C26H27N3O6. The second-order valence-electron chi connectivity index (χ2n) is 7.08. The van der Waals surface area contributed by atoms with Gasteiger partial charge in [-0.3, -0.25) is 9.59 Å². The lowest BCUT2D eigenvalue weighted by Crippen LogP contribution is -2.20. The minimum absolute atomic E-state index is 0.222. The van der Waals surface area contributed by atoms with Crippen LogP contribution in [0.15, 0.2) is 71.8 Å². The zero-order valence-corrected chi connectivity index (χ0v) is 19.7. The summed E-state index contributed by atoms with van der Waals surface area (Å²) in [7, 11) is 3.03. The molecule has 2 amide bonds. The van der Waals surface area contributed by atoms with Gasteiger partial charge in [-0.2, -0.15) is 5.10 Å². The van der Waals surface area contributed by atoms with E-state index in [1.165, 1.54) is 20.4 Å². The lowest BCUT2D eigenvalue weighted by Gasteiger charge is -2.13. The van der Waals surface area contributed by atoms with Crippen LogP contribution in [-0.4, -0.2) is 45.5 Å². The van der Waals surface area contributed by atoms with Gasteiger partial charge in [-0.1, -0.05) is 24.3 Å². The van der Waals surface area contributed by atoms with E-state index < -0.39 is 5.91 Å². The van der Waals surface area contributed by atoms with Gasteiger partial charge in [0.25, 0.3) is 11.8 Å². The number of benzene rings is 3. The maximum atomic E-state index is 12.4. The molecule has 0 aromatic heterocycles. The Balaban J connectivity index is 1.62. The predicted molar refractivity (Wildman–Crippen MR) is 133 cm³/mol. The topological polar surface area (TPSA) is 107 Å². The molecular weight excluding hydrogens is 450 g/mol. The largest absolute Gasteiger partial charge is 0.496 e. The number of rotatable bonds is 11. The molecule has 9 nitrogen and oxygen atoms in total. The van der Waals surface area contributed by atoms with Crippen LogP contribution in [0.4, 0.5) is 5.69 Å². The molecule has 3 aromatic carbocycles. The van der Waals surface area contributed by atoms with E-state index in [9.17, 15) is 9.59 Å². The summed E-state index contributed by atoms with van der Waals surface area (Å²) in [6.45, 7) is 2.02. The minimum Gasteiger partial charge on any atom is -0.496 e. The molecule has 0 fully saturated rings. The van der Waals surface area contributed by atoms with Crippen molar-refractivity contribution in [1.29, 1.82) is 0 Å². The summed E-state index contributed by atoms with van der Waals surface area (Å²) >= 11 is 0. The van der Waals surface area contributed by atoms with Gasteiger partial charge in [-0.05, 0) is 55.0 Å². The Morgan fingerprint density at radius 1 is 0.857 bits per heavy atom. The highest BCUT2D eigenvalue weighted by molar-refractivity contribution is 5.97. The molecule has 0 saturated carbocycles. The van der Waals surface area contributed by atoms with Crippen LogP contribution < -0.4 is 29.7 Å². The maximum absolute atomic E-state index is 12.4. The molecule has 3 rings (SSSR count). The van der Waals surface area contributed by atoms with E-state index in [1.807, 2.05) is 13.0 Å². The van der Waals surface area contributed by atoms with Gasteiger partial charge in [0.2, 0.25) is 0 Å². The molecule has 0 heterocycles. The fourth-order valence-electron chi connectivity index (χ4n) is 3.13.